The summed E-state index contributed by atoms with van der Waals surface area (Å²) < 4.78 is 33.7. The number of fused-ring (bicyclic) bond motifs is 2. The number of halogens is 2. The first-order valence-electron chi connectivity index (χ1n) is 10.2. The Morgan fingerprint density at radius 2 is 2.28 bits per heavy atom. The molecule has 4 heterocycles. The van der Waals surface area contributed by atoms with Crippen molar-refractivity contribution in [1.29, 1.82) is 0 Å². The molecule has 0 bridgehead atoms. The maximum Gasteiger partial charge on any atom is 0.243 e. The van der Waals surface area contributed by atoms with E-state index in [1.165, 1.54) is 16.9 Å². The van der Waals surface area contributed by atoms with E-state index in [1.54, 1.807) is 11.6 Å². The molecule has 3 atom stereocenters. The van der Waals surface area contributed by atoms with E-state index in [-0.39, 0.29) is 18.1 Å². The van der Waals surface area contributed by atoms with Crippen molar-refractivity contribution in [3.8, 4) is 0 Å². The second kappa shape index (κ2) is 8.37. The van der Waals surface area contributed by atoms with Crippen LogP contribution in [0.4, 0.5) is 8.78 Å². The van der Waals surface area contributed by atoms with Gasteiger partial charge >= 0.3 is 0 Å². The van der Waals surface area contributed by atoms with Gasteiger partial charge in [-0.3, -0.25) is 4.90 Å². The average Bonchev–Trinajstić information content (AvgIpc) is 3.24. The van der Waals surface area contributed by atoms with Crippen LogP contribution in [0.3, 0.4) is 0 Å². The molecular weight excluding hydrogens is 398 g/mol. The van der Waals surface area contributed by atoms with E-state index in [1.807, 2.05) is 12.3 Å². The van der Waals surface area contributed by atoms with Gasteiger partial charge in [0.2, 0.25) is 6.43 Å². The van der Waals surface area contributed by atoms with Crippen molar-refractivity contribution in [3.05, 3.63) is 33.3 Å². The number of aromatic nitrogens is 3. The first-order chi connectivity index (χ1) is 13.8. The van der Waals surface area contributed by atoms with Crippen molar-refractivity contribution < 1.29 is 18.6 Å². The molecule has 0 aliphatic carbocycles. The minimum absolute atomic E-state index is 0.169. The van der Waals surface area contributed by atoms with E-state index in [0.717, 1.165) is 41.3 Å². The van der Waals surface area contributed by atoms with Gasteiger partial charge in [0, 0.05) is 41.5 Å². The summed E-state index contributed by atoms with van der Waals surface area (Å²) in [5, 5.41) is 17.8. The van der Waals surface area contributed by atoms with Crippen LogP contribution in [-0.2, 0) is 36.3 Å². The fraction of sp³-hybridized carbons (Fsp3) is 0.700. The highest BCUT2D eigenvalue weighted by molar-refractivity contribution is 7.12. The molecule has 160 valence electrons. The summed E-state index contributed by atoms with van der Waals surface area (Å²) in [4.78, 5) is 4.29. The Balaban J connectivity index is 1.45. The molecule has 0 aromatic carbocycles. The van der Waals surface area contributed by atoms with E-state index in [4.69, 9.17) is 4.74 Å². The third-order valence-electron chi connectivity index (χ3n) is 5.83. The summed E-state index contributed by atoms with van der Waals surface area (Å²) in [5.41, 5.74) is 1.73. The molecule has 2 aliphatic heterocycles. The lowest BCUT2D eigenvalue weighted by molar-refractivity contribution is -0.110. The molecule has 0 amide bonds. The fourth-order valence-corrected chi connectivity index (χ4v) is 5.93. The van der Waals surface area contributed by atoms with E-state index in [0.29, 0.717) is 19.7 Å². The summed E-state index contributed by atoms with van der Waals surface area (Å²) in [6, 6.07) is 2.24. The minimum Gasteiger partial charge on any atom is -0.391 e. The fourth-order valence-electron chi connectivity index (χ4n) is 4.54. The first-order valence-corrected chi connectivity index (χ1v) is 11.0. The third kappa shape index (κ3) is 4.52. The maximum absolute atomic E-state index is 12.9. The molecule has 0 saturated carbocycles. The molecule has 2 aromatic heterocycles. The number of aliphatic hydroxyl groups excluding tert-OH is 1. The van der Waals surface area contributed by atoms with Gasteiger partial charge in [-0.15, -0.1) is 16.4 Å². The smallest absolute Gasteiger partial charge is 0.243 e. The molecule has 2 aliphatic rings. The lowest BCUT2D eigenvalue weighted by Crippen LogP contribution is -2.50. The Bertz CT molecular complexity index is 840. The second-order valence-electron chi connectivity index (χ2n) is 8.31. The van der Waals surface area contributed by atoms with Crippen molar-refractivity contribution in [1.82, 2.24) is 19.9 Å². The molecule has 1 N–H and O–H groups in total. The van der Waals surface area contributed by atoms with Crippen LogP contribution in [0.5, 0.6) is 0 Å². The number of likely N-dealkylation sites (tertiary alicyclic amines) is 1. The molecular formula is C20H28F2N4O2S. The molecule has 6 nitrogen and oxygen atoms in total. The maximum atomic E-state index is 12.9. The van der Waals surface area contributed by atoms with Crippen molar-refractivity contribution in [2.24, 2.45) is 0 Å². The lowest BCUT2D eigenvalue weighted by atomic mass is 9.82. The van der Waals surface area contributed by atoms with Crippen molar-refractivity contribution in [2.45, 2.75) is 76.8 Å². The number of hydrogen-bond donors (Lipinski definition) is 1. The Labute approximate surface area is 173 Å². The van der Waals surface area contributed by atoms with Crippen LogP contribution in [0.25, 0.3) is 0 Å². The first kappa shape index (κ1) is 20.8. The van der Waals surface area contributed by atoms with Crippen LogP contribution in [0.1, 0.15) is 47.7 Å². The van der Waals surface area contributed by atoms with E-state index in [9.17, 15) is 13.9 Å². The van der Waals surface area contributed by atoms with E-state index < -0.39 is 12.5 Å². The number of hydrogen-bond acceptors (Lipinski definition) is 6. The summed E-state index contributed by atoms with van der Waals surface area (Å²) in [6.07, 6.45) is 1.44. The van der Waals surface area contributed by atoms with Gasteiger partial charge in [-0.1, -0.05) is 5.21 Å². The molecule has 1 saturated heterocycles. The van der Waals surface area contributed by atoms with Gasteiger partial charge in [-0.25, -0.2) is 13.5 Å². The lowest BCUT2D eigenvalue weighted by Gasteiger charge is -2.46. The summed E-state index contributed by atoms with van der Waals surface area (Å²) >= 11 is 1.51. The highest BCUT2D eigenvalue weighted by Crippen LogP contribution is 2.47. The zero-order valence-electron chi connectivity index (χ0n) is 16.9. The number of piperidine rings is 1. The summed E-state index contributed by atoms with van der Waals surface area (Å²) in [6.45, 7) is 6.55. The summed E-state index contributed by atoms with van der Waals surface area (Å²) in [7, 11) is 0. The molecule has 29 heavy (non-hydrogen) atoms. The molecule has 1 fully saturated rings. The Hall–Kier alpha value is -1.42. The molecule has 1 spiro atoms. The molecule has 9 heteroatoms. The van der Waals surface area contributed by atoms with Gasteiger partial charge in [-0.05, 0) is 44.7 Å². The Morgan fingerprint density at radius 3 is 3.00 bits per heavy atom. The largest absolute Gasteiger partial charge is 0.391 e. The minimum atomic E-state index is -2.31. The van der Waals surface area contributed by atoms with Crippen LogP contribution in [-0.4, -0.2) is 56.7 Å². The third-order valence-corrected chi connectivity index (χ3v) is 7.22. The normalized spacial score (nSPS) is 26.2. The molecule has 2 aromatic rings. The topological polar surface area (TPSA) is 63.4 Å². The monoisotopic (exact) mass is 426 g/mol. The van der Waals surface area contributed by atoms with Gasteiger partial charge in [0.1, 0.15) is 5.60 Å². The van der Waals surface area contributed by atoms with Crippen molar-refractivity contribution in [3.63, 3.8) is 0 Å². The number of nitrogens with zero attached hydrogens (tertiary/aromatic N) is 4. The predicted octanol–water partition coefficient (Wildman–Crippen LogP) is 2.98. The van der Waals surface area contributed by atoms with Crippen LogP contribution in [0.2, 0.25) is 0 Å². The number of rotatable bonds is 6. The van der Waals surface area contributed by atoms with Crippen molar-refractivity contribution in [2.75, 3.05) is 13.2 Å². The quantitative estimate of drug-likeness (QED) is 0.770. The van der Waals surface area contributed by atoms with Gasteiger partial charge < -0.3 is 9.84 Å². The number of alkyl halides is 2. The van der Waals surface area contributed by atoms with Gasteiger partial charge in [0.15, 0.2) is 0 Å². The van der Waals surface area contributed by atoms with Gasteiger partial charge in [0.25, 0.3) is 0 Å². The predicted molar refractivity (Wildman–Crippen MR) is 106 cm³/mol. The standard InChI is InChI=1S/C20H28F2N4O2S/c1-13-9-20(19-15(3-6-28-20)7-17(29-19)8-18(21)22)4-5-25(13)11-16-12-26(24-23-16)10-14(2)27/h7,12-14,18,27H,3-6,8-11H2,1-2H3/t13-,14?,20+/m0/s1. The van der Waals surface area contributed by atoms with Gasteiger partial charge in [0.05, 0.1) is 24.9 Å². The van der Waals surface area contributed by atoms with E-state index in [2.05, 4.69) is 22.1 Å². The number of ether oxygens (including phenoxy) is 1. The van der Waals surface area contributed by atoms with Crippen LogP contribution < -0.4 is 0 Å². The van der Waals surface area contributed by atoms with Crippen LogP contribution in [0.15, 0.2) is 12.3 Å². The molecule has 0 radical (unpaired) electrons. The summed E-state index contributed by atoms with van der Waals surface area (Å²) in [5.74, 6) is 0. The highest BCUT2D eigenvalue weighted by Gasteiger charge is 2.45. The van der Waals surface area contributed by atoms with E-state index >= 15 is 0 Å². The number of thiophene rings is 1. The molecule has 1 unspecified atom stereocenters. The SMILES string of the molecule is CC(O)Cn1cc(CN2CC[C@]3(C[C@@H]2C)OCCc2cc(CC(F)F)sc23)nn1. The number of aliphatic hydroxyl groups is 1. The van der Waals surface area contributed by atoms with Gasteiger partial charge in [-0.2, -0.15) is 0 Å². The van der Waals surface area contributed by atoms with Crippen LogP contribution >= 0.6 is 11.3 Å². The van der Waals surface area contributed by atoms with Crippen molar-refractivity contribution >= 4 is 11.3 Å². The Morgan fingerprint density at radius 1 is 1.45 bits per heavy atom. The highest BCUT2D eigenvalue weighted by atomic mass is 32.1. The Kier molecular flexibility index (Phi) is 6.02. The van der Waals surface area contributed by atoms with Crippen LogP contribution in [0, 0.1) is 0 Å². The second-order valence-corrected chi connectivity index (χ2v) is 9.45. The zero-order chi connectivity index (χ0) is 20.6. The zero-order valence-corrected chi connectivity index (χ0v) is 17.7. The molecule has 4 rings (SSSR count). The average molecular weight is 427 g/mol.